The van der Waals surface area contributed by atoms with Gasteiger partial charge in [0.25, 0.3) is 11.6 Å². The summed E-state index contributed by atoms with van der Waals surface area (Å²) in [5.41, 5.74) is 2.63. The number of carbonyl (C=O) groups is 2. The molecule has 0 atom stereocenters. The second kappa shape index (κ2) is 6.04. The van der Waals surface area contributed by atoms with Crippen LogP contribution in [0, 0.1) is 30.9 Å². The van der Waals surface area contributed by atoms with Gasteiger partial charge in [0.2, 0.25) is 0 Å². The van der Waals surface area contributed by atoms with Crippen LogP contribution in [0.25, 0.3) is 0 Å². The van der Waals surface area contributed by atoms with Crippen molar-refractivity contribution in [2.75, 3.05) is 5.32 Å². The van der Waals surface area contributed by atoms with Gasteiger partial charge in [-0.1, -0.05) is 6.07 Å². The van der Waals surface area contributed by atoms with Crippen LogP contribution in [0.3, 0.4) is 0 Å². The van der Waals surface area contributed by atoms with E-state index in [1.165, 1.54) is 19.1 Å². The smallest absolute Gasteiger partial charge is 0.274 e. The molecule has 7 heteroatoms. The Balaban J connectivity index is 2.38. The molecule has 0 fully saturated rings. The topological polar surface area (TPSA) is 105 Å². The number of aromatic amines is 1. The molecule has 23 heavy (non-hydrogen) atoms. The Morgan fingerprint density at radius 1 is 1.17 bits per heavy atom. The largest absolute Gasteiger partial charge is 0.354 e. The van der Waals surface area contributed by atoms with Crippen LogP contribution in [0.1, 0.15) is 44.6 Å². The van der Waals surface area contributed by atoms with E-state index in [1.54, 1.807) is 26.8 Å². The molecule has 120 valence electrons. The van der Waals surface area contributed by atoms with E-state index in [0.29, 0.717) is 28.1 Å². The number of Topliss-reactive ketones (excluding diaryl/α,β-unsaturated/α-hetero) is 1. The fraction of sp³-hybridized carbons (Fsp3) is 0.250. The Hall–Kier alpha value is -2.96. The summed E-state index contributed by atoms with van der Waals surface area (Å²) in [6.07, 6.45) is 0. The Bertz CT molecular complexity index is 821. The molecule has 2 N–H and O–H groups in total. The summed E-state index contributed by atoms with van der Waals surface area (Å²) in [6.45, 7) is 6.42. The van der Waals surface area contributed by atoms with Gasteiger partial charge in [0.05, 0.1) is 16.2 Å². The molecule has 1 aromatic carbocycles. The Kier molecular flexibility index (Phi) is 4.31. The highest BCUT2D eigenvalue weighted by atomic mass is 16.6. The fourth-order valence-corrected chi connectivity index (χ4v) is 2.65. The van der Waals surface area contributed by atoms with Crippen LogP contribution in [-0.4, -0.2) is 21.6 Å². The van der Waals surface area contributed by atoms with E-state index in [2.05, 4.69) is 10.3 Å². The number of rotatable bonds is 4. The van der Waals surface area contributed by atoms with Gasteiger partial charge in [-0.3, -0.25) is 19.7 Å². The summed E-state index contributed by atoms with van der Waals surface area (Å²) >= 11 is 0. The molecule has 2 rings (SSSR count). The second-order valence-corrected chi connectivity index (χ2v) is 5.34. The van der Waals surface area contributed by atoms with E-state index in [4.69, 9.17) is 0 Å². The number of nitro groups is 1. The van der Waals surface area contributed by atoms with Gasteiger partial charge >= 0.3 is 0 Å². The molecule has 0 aliphatic carbocycles. The van der Waals surface area contributed by atoms with Crippen molar-refractivity contribution in [1.29, 1.82) is 0 Å². The number of H-pyrrole nitrogens is 1. The molecule has 0 spiro atoms. The lowest BCUT2D eigenvalue weighted by Gasteiger charge is -2.08. The second-order valence-electron chi connectivity index (χ2n) is 5.34. The number of carbonyl (C=O) groups excluding carboxylic acids is 2. The third-order valence-electron chi connectivity index (χ3n) is 3.77. The number of benzene rings is 1. The number of nitrogens with one attached hydrogen (secondary N) is 2. The minimum Gasteiger partial charge on any atom is -0.354 e. The van der Waals surface area contributed by atoms with Crippen molar-refractivity contribution in [3.05, 3.63) is 56.4 Å². The van der Waals surface area contributed by atoms with Crippen LogP contribution >= 0.6 is 0 Å². The first-order valence-electron chi connectivity index (χ1n) is 6.99. The van der Waals surface area contributed by atoms with Crippen LogP contribution in [0.2, 0.25) is 0 Å². The van der Waals surface area contributed by atoms with Crippen molar-refractivity contribution >= 4 is 23.1 Å². The maximum atomic E-state index is 12.4. The lowest BCUT2D eigenvalue weighted by Crippen LogP contribution is -2.15. The van der Waals surface area contributed by atoms with Gasteiger partial charge in [-0.25, -0.2) is 0 Å². The van der Waals surface area contributed by atoms with Crippen LogP contribution in [0.4, 0.5) is 11.4 Å². The third-order valence-corrected chi connectivity index (χ3v) is 3.77. The van der Waals surface area contributed by atoms with E-state index in [9.17, 15) is 19.7 Å². The molecule has 7 nitrogen and oxygen atoms in total. The molecule has 0 aliphatic rings. The lowest BCUT2D eigenvalue weighted by atomic mass is 10.1. The van der Waals surface area contributed by atoms with Gasteiger partial charge in [-0.05, 0) is 39.3 Å². The molecule has 0 aliphatic heterocycles. The summed E-state index contributed by atoms with van der Waals surface area (Å²) in [5.74, 6) is -0.566. The summed E-state index contributed by atoms with van der Waals surface area (Å²) in [5, 5.41) is 13.6. The van der Waals surface area contributed by atoms with Crippen molar-refractivity contribution in [1.82, 2.24) is 4.98 Å². The first-order valence-corrected chi connectivity index (χ1v) is 6.99. The summed E-state index contributed by atoms with van der Waals surface area (Å²) in [4.78, 5) is 37.4. The van der Waals surface area contributed by atoms with E-state index in [1.807, 2.05) is 0 Å². The Labute approximate surface area is 132 Å². The summed E-state index contributed by atoms with van der Waals surface area (Å²) in [6, 6.07) is 4.48. The highest BCUT2D eigenvalue weighted by Crippen LogP contribution is 2.26. The molecule has 1 amide bonds. The minimum absolute atomic E-state index is 0.0633. The van der Waals surface area contributed by atoms with Crippen LogP contribution < -0.4 is 5.32 Å². The number of nitro benzene ring substituents is 1. The van der Waals surface area contributed by atoms with E-state index >= 15 is 0 Å². The van der Waals surface area contributed by atoms with Gasteiger partial charge in [-0.2, -0.15) is 0 Å². The van der Waals surface area contributed by atoms with Crippen molar-refractivity contribution in [3.8, 4) is 0 Å². The van der Waals surface area contributed by atoms with Gasteiger partial charge in [0, 0.05) is 17.3 Å². The fourth-order valence-electron chi connectivity index (χ4n) is 2.65. The number of ketones is 1. The van der Waals surface area contributed by atoms with Crippen molar-refractivity contribution in [2.45, 2.75) is 27.7 Å². The molecule has 1 aromatic heterocycles. The van der Waals surface area contributed by atoms with Gasteiger partial charge in [-0.15, -0.1) is 0 Å². The molecule has 1 heterocycles. The average molecular weight is 315 g/mol. The van der Waals surface area contributed by atoms with Crippen LogP contribution in [0.15, 0.2) is 18.2 Å². The molecule has 0 saturated carbocycles. The molecule has 0 unspecified atom stereocenters. The number of aromatic nitrogens is 1. The predicted octanol–water partition coefficient (Wildman–Crippen LogP) is 3.30. The first kappa shape index (κ1) is 16.4. The molecule has 0 saturated heterocycles. The molecule has 2 aromatic rings. The van der Waals surface area contributed by atoms with Gasteiger partial charge in [0.1, 0.15) is 5.69 Å². The Morgan fingerprint density at radius 3 is 2.35 bits per heavy atom. The third kappa shape index (κ3) is 2.98. The molecule has 0 bridgehead atoms. The standard InChI is InChI=1S/C16H17N3O4/c1-8-12(6-5-7-13(8)19(22)23)18-16(21)15-9(2)14(11(4)20)10(3)17-15/h5-7,17H,1-4H3,(H,18,21). The summed E-state index contributed by atoms with van der Waals surface area (Å²) < 4.78 is 0. The van der Waals surface area contributed by atoms with Crippen LogP contribution in [-0.2, 0) is 0 Å². The zero-order valence-corrected chi connectivity index (χ0v) is 13.3. The van der Waals surface area contributed by atoms with E-state index in [-0.39, 0.29) is 17.2 Å². The molecular weight excluding hydrogens is 298 g/mol. The monoisotopic (exact) mass is 315 g/mol. The highest BCUT2D eigenvalue weighted by molar-refractivity contribution is 6.08. The van der Waals surface area contributed by atoms with E-state index in [0.717, 1.165) is 0 Å². The van der Waals surface area contributed by atoms with Gasteiger partial charge in [0.15, 0.2) is 5.78 Å². The number of aryl methyl sites for hydroxylation is 1. The van der Waals surface area contributed by atoms with Crippen LogP contribution in [0.5, 0.6) is 0 Å². The number of amides is 1. The number of hydrogen-bond acceptors (Lipinski definition) is 4. The maximum absolute atomic E-state index is 12.4. The van der Waals surface area contributed by atoms with E-state index < -0.39 is 10.8 Å². The number of nitrogens with zero attached hydrogens (tertiary/aromatic N) is 1. The Morgan fingerprint density at radius 2 is 1.83 bits per heavy atom. The highest BCUT2D eigenvalue weighted by Gasteiger charge is 2.21. The zero-order chi connectivity index (χ0) is 17.3. The normalized spacial score (nSPS) is 10.4. The molecular formula is C16H17N3O4. The minimum atomic E-state index is -0.497. The quantitative estimate of drug-likeness (QED) is 0.513. The van der Waals surface area contributed by atoms with Crippen molar-refractivity contribution in [2.24, 2.45) is 0 Å². The molecule has 0 radical (unpaired) electrons. The average Bonchev–Trinajstić information content (AvgIpc) is 2.75. The predicted molar refractivity (Wildman–Crippen MR) is 86.1 cm³/mol. The number of hydrogen-bond donors (Lipinski definition) is 2. The first-order chi connectivity index (χ1) is 10.7. The van der Waals surface area contributed by atoms with Crippen molar-refractivity contribution in [3.63, 3.8) is 0 Å². The zero-order valence-electron chi connectivity index (χ0n) is 13.3. The maximum Gasteiger partial charge on any atom is 0.274 e. The number of anilines is 1. The van der Waals surface area contributed by atoms with Crippen molar-refractivity contribution < 1.29 is 14.5 Å². The summed E-state index contributed by atoms with van der Waals surface area (Å²) in [7, 11) is 0. The lowest BCUT2D eigenvalue weighted by molar-refractivity contribution is -0.385. The SMILES string of the molecule is CC(=O)c1c(C)[nH]c(C(=O)Nc2cccc([N+](=O)[O-])c2C)c1C. The van der Waals surface area contributed by atoms with Gasteiger partial charge < -0.3 is 10.3 Å².